The van der Waals surface area contributed by atoms with Crippen molar-refractivity contribution in [3.8, 4) is 0 Å². The number of carbonyl (C=O) groups is 4. The van der Waals surface area contributed by atoms with Crippen LogP contribution < -0.4 is 10.2 Å². The summed E-state index contributed by atoms with van der Waals surface area (Å²) in [5.41, 5.74) is 3.31. The maximum Gasteiger partial charge on any atom is 0.325 e. The number of esters is 1. The van der Waals surface area contributed by atoms with E-state index in [1.165, 1.54) is 0 Å². The fourth-order valence-corrected chi connectivity index (χ4v) is 3.74. The zero-order chi connectivity index (χ0) is 23.3. The molecule has 2 heterocycles. The number of allylic oxidation sites excluding steroid dienone is 1. The van der Waals surface area contributed by atoms with Crippen LogP contribution in [0.3, 0.4) is 0 Å². The minimum Gasteiger partial charge on any atom is -0.456 e. The van der Waals surface area contributed by atoms with Gasteiger partial charge in [0.25, 0.3) is 5.91 Å². The topological polar surface area (TPSA) is 97.7 Å². The highest BCUT2D eigenvalue weighted by molar-refractivity contribution is 6.00. The van der Waals surface area contributed by atoms with Gasteiger partial charge >= 0.3 is 5.97 Å². The smallest absolute Gasteiger partial charge is 0.325 e. The first-order valence-corrected chi connectivity index (χ1v) is 10.5. The minimum absolute atomic E-state index is 0.0714. The van der Waals surface area contributed by atoms with Gasteiger partial charge in [-0.2, -0.15) is 0 Å². The average Bonchev–Trinajstić information content (AvgIpc) is 3.34. The number of Topliss-reactive ketones (excluding diaryl/α,β-unsaturated/α-hetero) is 1. The molecule has 0 atom stereocenters. The van der Waals surface area contributed by atoms with E-state index in [4.69, 9.17) is 4.74 Å². The highest BCUT2D eigenvalue weighted by atomic mass is 16.5. The number of hydrogen-bond donors (Lipinski definition) is 1. The Bertz CT molecular complexity index is 1050. The predicted molar refractivity (Wildman–Crippen MR) is 120 cm³/mol. The molecule has 1 aromatic heterocycles. The third kappa shape index (κ3) is 5.14. The zero-order valence-corrected chi connectivity index (χ0v) is 18.3. The number of aromatic nitrogens is 1. The van der Waals surface area contributed by atoms with Gasteiger partial charge in [0.05, 0.1) is 0 Å². The number of amides is 2. The second-order valence-corrected chi connectivity index (χ2v) is 7.65. The number of aryl methyl sites for hydroxylation is 1. The van der Waals surface area contributed by atoms with Crippen molar-refractivity contribution < 1.29 is 23.9 Å². The van der Waals surface area contributed by atoms with Crippen molar-refractivity contribution in [1.29, 1.82) is 0 Å². The standard InChI is InChI=1S/C24H27N3O5/c1-4-11-26-16(2)13-20(17(26)3)21(28)15-32-23(30)14-25-24(31)18-7-9-19(10-8-18)27-12-5-6-22(27)29/h4,7-10,13H,1,5-6,11-12,14-15H2,2-3H3,(H,25,31). The van der Waals surface area contributed by atoms with E-state index in [1.807, 2.05) is 18.4 Å². The third-order valence-electron chi connectivity index (χ3n) is 5.46. The van der Waals surface area contributed by atoms with Crippen LogP contribution in [0.15, 0.2) is 43.0 Å². The van der Waals surface area contributed by atoms with Gasteiger partial charge in [-0.1, -0.05) is 6.08 Å². The number of rotatable bonds is 9. The summed E-state index contributed by atoms with van der Waals surface area (Å²) in [6.07, 6.45) is 3.11. The van der Waals surface area contributed by atoms with Crippen LogP contribution in [0.1, 0.15) is 44.9 Å². The van der Waals surface area contributed by atoms with Gasteiger partial charge in [0, 0.05) is 47.7 Å². The lowest BCUT2D eigenvalue weighted by Gasteiger charge is -2.15. The highest BCUT2D eigenvalue weighted by Gasteiger charge is 2.22. The van der Waals surface area contributed by atoms with Crippen LogP contribution in [0.4, 0.5) is 5.69 Å². The maximum absolute atomic E-state index is 12.4. The minimum atomic E-state index is -0.703. The predicted octanol–water partition coefficient (Wildman–Crippen LogP) is 2.57. The monoisotopic (exact) mass is 437 g/mol. The molecule has 1 aliphatic rings. The Morgan fingerprint density at radius 3 is 2.53 bits per heavy atom. The van der Waals surface area contributed by atoms with Crippen molar-refractivity contribution in [2.75, 3.05) is 24.6 Å². The average molecular weight is 437 g/mol. The molecule has 8 heteroatoms. The van der Waals surface area contributed by atoms with Gasteiger partial charge in [-0.05, 0) is 50.6 Å². The Kier molecular flexibility index (Phi) is 7.25. The normalized spacial score (nSPS) is 13.2. The van der Waals surface area contributed by atoms with Crippen molar-refractivity contribution in [2.45, 2.75) is 33.2 Å². The van der Waals surface area contributed by atoms with Crippen molar-refractivity contribution >= 4 is 29.3 Å². The Labute approximate surface area is 186 Å². The number of ketones is 1. The Morgan fingerprint density at radius 2 is 1.91 bits per heavy atom. The van der Waals surface area contributed by atoms with Crippen LogP contribution in [0.25, 0.3) is 0 Å². The number of benzene rings is 1. The molecule has 0 aliphatic carbocycles. The molecule has 32 heavy (non-hydrogen) atoms. The summed E-state index contributed by atoms with van der Waals surface area (Å²) in [6, 6.07) is 8.38. The van der Waals surface area contributed by atoms with E-state index in [2.05, 4.69) is 11.9 Å². The lowest BCUT2D eigenvalue weighted by Crippen LogP contribution is -2.31. The molecule has 1 aromatic carbocycles. The van der Waals surface area contributed by atoms with E-state index in [1.54, 1.807) is 41.3 Å². The molecule has 1 aliphatic heterocycles. The summed E-state index contributed by atoms with van der Waals surface area (Å²) in [5, 5.41) is 2.48. The molecule has 1 fully saturated rings. The maximum atomic E-state index is 12.4. The van der Waals surface area contributed by atoms with E-state index in [-0.39, 0.29) is 18.2 Å². The van der Waals surface area contributed by atoms with Crippen molar-refractivity contribution in [3.63, 3.8) is 0 Å². The Balaban J connectivity index is 1.48. The van der Waals surface area contributed by atoms with E-state index < -0.39 is 18.5 Å². The van der Waals surface area contributed by atoms with Crippen LogP contribution in [0.2, 0.25) is 0 Å². The van der Waals surface area contributed by atoms with Crippen LogP contribution in [0, 0.1) is 13.8 Å². The first kappa shape index (κ1) is 23.0. The van der Waals surface area contributed by atoms with Crippen LogP contribution in [-0.4, -0.2) is 47.8 Å². The fraction of sp³-hybridized carbons (Fsp3) is 0.333. The molecule has 0 spiro atoms. The molecule has 0 bridgehead atoms. The summed E-state index contributed by atoms with van der Waals surface area (Å²) >= 11 is 0. The largest absolute Gasteiger partial charge is 0.456 e. The molecular weight excluding hydrogens is 410 g/mol. The molecule has 3 rings (SSSR count). The summed E-state index contributed by atoms with van der Waals surface area (Å²) < 4.78 is 6.98. The van der Waals surface area contributed by atoms with Gasteiger partial charge in [-0.15, -0.1) is 6.58 Å². The van der Waals surface area contributed by atoms with Crippen LogP contribution in [0.5, 0.6) is 0 Å². The molecule has 2 aromatic rings. The van der Waals surface area contributed by atoms with Crippen LogP contribution in [-0.2, 0) is 20.9 Å². The second kappa shape index (κ2) is 10.1. The van der Waals surface area contributed by atoms with Crippen molar-refractivity contribution in [2.24, 2.45) is 0 Å². The molecule has 1 N–H and O–H groups in total. The quantitative estimate of drug-likeness (QED) is 0.369. The molecule has 0 radical (unpaired) electrons. The van der Waals surface area contributed by atoms with E-state index >= 15 is 0 Å². The van der Waals surface area contributed by atoms with Gasteiger partial charge in [-0.25, -0.2) is 0 Å². The lowest BCUT2D eigenvalue weighted by atomic mass is 10.1. The van der Waals surface area contributed by atoms with Gasteiger partial charge in [-0.3, -0.25) is 19.2 Å². The van der Waals surface area contributed by atoms with Crippen LogP contribution >= 0.6 is 0 Å². The third-order valence-corrected chi connectivity index (χ3v) is 5.46. The molecule has 2 amide bonds. The molecular formula is C24H27N3O5. The van der Waals surface area contributed by atoms with E-state index in [0.717, 1.165) is 23.5 Å². The summed E-state index contributed by atoms with van der Waals surface area (Å²) in [5.74, 6) is -1.38. The van der Waals surface area contributed by atoms with E-state index in [0.29, 0.717) is 30.6 Å². The van der Waals surface area contributed by atoms with Gasteiger partial charge < -0.3 is 19.5 Å². The number of hydrogen-bond acceptors (Lipinski definition) is 5. The van der Waals surface area contributed by atoms with E-state index in [9.17, 15) is 19.2 Å². The summed E-state index contributed by atoms with van der Waals surface area (Å²) in [6.45, 7) is 7.94. The molecule has 0 saturated carbocycles. The molecule has 0 unspecified atom stereocenters. The SMILES string of the molecule is C=CCn1c(C)cc(C(=O)COC(=O)CNC(=O)c2ccc(N3CCCC3=O)cc2)c1C. The Morgan fingerprint density at radius 1 is 1.19 bits per heavy atom. The first-order chi connectivity index (χ1) is 15.3. The van der Waals surface area contributed by atoms with Crippen molar-refractivity contribution in [1.82, 2.24) is 9.88 Å². The summed E-state index contributed by atoms with van der Waals surface area (Å²) in [7, 11) is 0. The number of nitrogens with zero attached hydrogens (tertiary/aromatic N) is 2. The number of nitrogens with one attached hydrogen (secondary N) is 1. The van der Waals surface area contributed by atoms with Gasteiger partial charge in [0.15, 0.2) is 6.61 Å². The number of carbonyl (C=O) groups excluding carboxylic acids is 4. The van der Waals surface area contributed by atoms with Crippen molar-refractivity contribution in [3.05, 3.63) is 65.5 Å². The highest BCUT2D eigenvalue weighted by Crippen LogP contribution is 2.21. The summed E-state index contributed by atoms with van der Waals surface area (Å²) in [4.78, 5) is 50.2. The number of anilines is 1. The van der Waals surface area contributed by atoms with Gasteiger partial charge in [0.2, 0.25) is 11.7 Å². The zero-order valence-electron chi connectivity index (χ0n) is 18.3. The second-order valence-electron chi connectivity index (χ2n) is 7.65. The first-order valence-electron chi connectivity index (χ1n) is 10.5. The molecule has 168 valence electrons. The van der Waals surface area contributed by atoms with Gasteiger partial charge in [0.1, 0.15) is 6.54 Å². The lowest BCUT2D eigenvalue weighted by molar-refractivity contribution is -0.141. The fourth-order valence-electron chi connectivity index (χ4n) is 3.74. The molecule has 1 saturated heterocycles. The molecule has 8 nitrogen and oxygen atoms in total. The number of ether oxygens (including phenoxy) is 1. The Hall–Kier alpha value is -3.68.